The van der Waals surface area contributed by atoms with Crippen LogP contribution in [0.3, 0.4) is 0 Å². The topological polar surface area (TPSA) is 80.4 Å². The molecule has 0 radical (unpaired) electrons. The Morgan fingerprint density at radius 2 is 1.90 bits per heavy atom. The molecule has 0 saturated carbocycles. The second kappa shape index (κ2) is 10.6. The molecular formula is C23H33ClN4O2. The molecule has 30 heavy (non-hydrogen) atoms. The number of hydrogen-bond donors (Lipinski definition) is 2. The van der Waals surface area contributed by atoms with Crippen LogP contribution in [0.1, 0.15) is 53.0 Å². The number of nitrogens with two attached hydrogens (primary N) is 1. The summed E-state index contributed by atoms with van der Waals surface area (Å²) in [5, 5.41) is 2.94. The third kappa shape index (κ3) is 5.05. The van der Waals surface area contributed by atoms with Crippen LogP contribution in [0.2, 0.25) is 0 Å². The summed E-state index contributed by atoms with van der Waals surface area (Å²) in [6.45, 7) is 7.68. The number of likely N-dealkylation sites (tertiary alicyclic amines) is 1. The van der Waals surface area contributed by atoms with Crippen molar-refractivity contribution in [1.29, 1.82) is 0 Å². The Morgan fingerprint density at radius 1 is 1.17 bits per heavy atom. The van der Waals surface area contributed by atoms with E-state index in [4.69, 9.17) is 5.73 Å². The number of carbonyl (C=O) groups excluding carboxylic acids is 2. The van der Waals surface area contributed by atoms with Gasteiger partial charge in [-0.25, -0.2) is 0 Å². The predicted octanol–water partition coefficient (Wildman–Crippen LogP) is 3.28. The minimum Gasteiger partial charge on any atom is -0.354 e. The summed E-state index contributed by atoms with van der Waals surface area (Å²) in [6, 6.07) is 10.2. The normalized spacial score (nSPS) is 16.1. The number of benzene rings is 1. The van der Waals surface area contributed by atoms with Crippen molar-refractivity contribution in [3.63, 3.8) is 0 Å². The molecule has 164 valence electrons. The first-order valence-corrected chi connectivity index (χ1v) is 10.5. The fourth-order valence-corrected chi connectivity index (χ4v) is 4.25. The van der Waals surface area contributed by atoms with Gasteiger partial charge in [-0.2, -0.15) is 0 Å². The highest BCUT2D eigenvalue weighted by Crippen LogP contribution is 2.26. The van der Waals surface area contributed by atoms with Gasteiger partial charge < -0.3 is 20.5 Å². The number of rotatable bonds is 6. The van der Waals surface area contributed by atoms with E-state index in [-0.39, 0.29) is 30.3 Å². The molecule has 2 amide bonds. The van der Waals surface area contributed by atoms with E-state index < -0.39 is 0 Å². The van der Waals surface area contributed by atoms with E-state index in [1.54, 1.807) is 0 Å². The monoisotopic (exact) mass is 432 g/mol. The number of amides is 2. The first kappa shape index (κ1) is 24.0. The molecule has 7 heteroatoms. The summed E-state index contributed by atoms with van der Waals surface area (Å²) in [5.41, 5.74) is 10.5. The smallest absolute Gasteiger partial charge is 0.256 e. The maximum atomic E-state index is 13.5. The number of aromatic nitrogens is 1. The maximum Gasteiger partial charge on any atom is 0.256 e. The molecule has 2 heterocycles. The van der Waals surface area contributed by atoms with Gasteiger partial charge in [0.15, 0.2) is 0 Å². The summed E-state index contributed by atoms with van der Waals surface area (Å²) in [6.07, 6.45) is 3.29. The molecule has 3 N–H and O–H groups in total. The standard InChI is InChI=1S/C23H32N4O2.ClH/c1-16-8-4-5-10-21(16)27-17(2)14-20(18(27)3)23(29)26-13-7-6-9-19(26)15-25-22(28)11-12-24;/h4-5,8,10,14,19H,6-7,9,11-13,15,24H2,1-3H3,(H,25,28);1H. The van der Waals surface area contributed by atoms with Crippen molar-refractivity contribution in [2.45, 2.75) is 52.5 Å². The fraction of sp³-hybridized carbons (Fsp3) is 0.478. The lowest BCUT2D eigenvalue weighted by Gasteiger charge is -2.36. The van der Waals surface area contributed by atoms with E-state index in [9.17, 15) is 9.59 Å². The number of piperidine rings is 1. The van der Waals surface area contributed by atoms with E-state index in [1.165, 1.54) is 5.56 Å². The lowest BCUT2D eigenvalue weighted by molar-refractivity contribution is -0.121. The molecule has 1 saturated heterocycles. The van der Waals surface area contributed by atoms with Gasteiger partial charge in [0.05, 0.1) is 5.56 Å². The number of hydrogen-bond acceptors (Lipinski definition) is 3. The highest BCUT2D eigenvalue weighted by Gasteiger charge is 2.30. The Labute approximate surface area is 185 Å². The highest BCUT2D eigenvalue weighted by molar-refractivity contribution is 5.96. The molecule has 3 rings (SSSR count). The lowest BCUT2D eigenvalue weighted by atomic mass is 10.0. The average Bonchev–Trinajstić information content (AvgIpc) is 3.01. The van der Waals surface area contributed by atoms with Gasteiger partial charge in [-0.3, -0.25) is 9.59 Å². The van der Waals surface area contributed by atoms with Crippen molar-refractivity contribution in [3.8, 4) is 5.69 Å². The molecule has 1 aliphatic heterocycles. The van der Waals surface area contributed by atoms with E-state index in [1.807, 2.05) is 36.9 Å². The van der Waals surface area contributed by atoms with Gasteiger partial charge in [-0.15, -0.1) is 12.4 Å². The molecule has 1 aromatic heterocycles. The molecule has 1 aromatic carbocycles. The first-order valence-electron chi connectivity index (χ1n) is 10.5. The minimum atomic E-state index is -0.0526. The molecule has 6 nitrogen and oxygen atoms in total. The van der Waals surface area contributed by atoms with Crippen molar-refractivity contribution in [1.82, 2.24) is 14.8 Å². The number of para-hydroxylation sites is 1. The van der Waals surface area contributed by atoms with Gasteiger partial charge in [-0.1, -0.05) is 18.2 Å². The Kier molecular flexibility index (Phi) is 8.50. The van der Waals surface area contributed by atoms with Crippen molar-refractivity contribution in [2.75, 3.05) is 19.6 Å². The average molecular weight is 433 g/mol. The second-order valence-electron chi connectivity index (χ2n) is 7.90. The molecule has 0 bridgehead atoms. The van der Waals surface area contributed by atoms with Crippen molar-refractivity contribution < 1.29 is 9.59 Å². The van der Waals surface area contributed by atoms with Crippen LogP contribution in [0.25, 0.3) is 5.69 Å². The summed E-state index contributed by atoms with van der Waals surface area (Å²) >= 11 is 0. The van der Waals surface area contributed by atoms with E-state index in [0.717, 1.165) is 48.4 Å². The number of aryl methyl sites for hydroxylation is 2. The first-order chi connectivity index (χ1) is 13.9. The van der Waals surface area contributed by atoms with Gasteiger partial charge >= 0.3 is 0 Å². The van der Waals surface area contributed by atoms with E-state index in [2.05, 4.69) is 28.9 Å². The third-order valence-electron chi connectivity index (χ3n) is 5.81. The lowest BCUT2D eigenvalue weighted by Crippen LogP contribution is -2.49. The van der Waals surface area contributed by atoms with Gasteiger partial charge in [0, 0.05) is 49.2 Å². The highest BCUT2D eigenvalue weighted by atomic mass is 35.5. The largest absolute Gasteiger partial charge is 0.354 e. The molecule has 1 unspecified atom stereocenters. The predicted molar refractivity (Wildman–Crippen MR) is 123 cm³/mol. The van der Waals surface area contributed by atoms with Gasteiger partial charge in [0.25, 0.3) is 5.91 Å². The van der Waals surface area contributed by atoms with Crippen LogP contribution in [0.5, 0.6) is 0 Å². The van der Waals surface area contributed by atoms with Crippen molar-refractivity contribution in [3.05, 3.63) is 52.8 Å². The van der Waals surface area contributed by atoms with Gasteiger partial charge in [0.1, 0.15) is 0 Å². The number of carbonyl (C=O) groups is 2. The zero-order valence-corrected chi connectivity index (χ0v) is 18.9. The van der Waals surface area contributed by atoms with Gasteiger partial charge in [0.2, 0.25) is 5.91 Å². The number of halogens is 1. The van der Waals surface area contributed by atoms with Gasteiger partial charge in [-0.05, 0) is 57.7 Å². The molecule has 0 aliphatic carbocycles. The Balaban J connectivity index is 0.00000320. The van der Waals surface area contributed by atoms with E-state index in [0.29, 0.717) is 19.5 Å². The molecule has 0 spiro atoms. The van der Waals surface area contributed by atoms with Crippen LogP contribution < -0.4 is 11.1 Å². The maximum absolute atomic E-state index is 13.5. The molecular weight excluding hydrogens is 400 g/mol. The zero-order valence-electron chi connectivity index (χ0n) is 18.1. The third-order valence-corrected chi connectivity index (χ3v) is 5.81. The fourth-order valence-electron chi connectivity index (χ4n) is 4.25. The summed E-state index contributed by atoms with van der Waals surface area (Å²) in [7, 11) is 0. The molecule has 1 fully saturated rings. The quantitative estimate of drug-likeness (QED) is 0.735. The van der Waals surface area contributed by atoms with Crippen LogP contribution in [-0.4, -0.2) is 47.0 Å². The number of nitrogens with zero attached hydrogens (tertiary/aromatic N) is 2. The van der Waals surface area contributed by atoms with Crippen molar-refractivity contribution in [2.24, 2.45) is 5.73 Å². The summed E-state index contributed by atoms with van der Waals surface area (Å²) in [4.78, 5) is 27.2. The molecule has 2 aromatic rings. The minimum absolute atomic E-state index is 0. The van der Waals surface area contributed by atoms with Crippen LogP contribution in [0.15, 0.2) is 30.3 Å². The molecule has 1 atom stereocenters. The van der Waals surface area contributed by atoms with E-state index >= 15 is 0 Å². The summed E-state index contributed by atoms with van der Waals surface area (Å²) in [5.74, 6) is -0.00101. The Morgan fingerprint density at radius 3 is 2.60 bits per heavy atom. The van der Waals surface area contributed by atoms with Crippen LogP contribution in [0, 0.1) is 20.8 Å². The summed E-state index contributed by atoms with van der Waals surface area (Å²) < 4.78 is 2.16. The Bertz CT molecular complexity index is 893. The Hall–Kier alpha value is -2.31. The second-order valence-corrected chi connectivity index (χ2v) is 7.90. The number of nitrogens with one attached hydrogen (secondary N) is 1. The SMILES string of the molecule is Cc1ccccc1-n1c(C)cc(C(=O)N2CCCCC2CNC(=O)CCN)c1C.Cl. The molecule has 1 aliphatic rings. The van der Waals surface area contributed by atoms with Crippen molar-refractivity contribution >= 4 is 24.2 Å². The van der Waals surface area contributed by atoms with Crippen LogP contribution >= 0.6 is 12.4 Å². The van der Waals surface area contributed by atoms with Crippen LogP contribution in [0.4, 0.5) is 0 Å². The van der Waals surface area contributed by atoms with Crippen LogP contribution in [-0.2, 0) is 4.79 Å². The zero-order chi connectivity index (χ0) is 21.0.